The van der Waals surface area contributed by atoms with Crippen molar-refractivity contribution in [3.63, 3.8) is 0 Å². The second kappa shape index (κ2) is 6.18. The van der Waals surface area contributed by atoms with E-state index in [9.17, 15) is 4.79 Å². The summed E-state index contributed by atoms with van der Waals surface area (Å²) in [6.45, 7) is 1.40. The summed E-state index contributed by atoms with van der Waals surface area (Å²) in [6, 6.07) is 9.46. The van der Waals surface area contributed by atoms with Crippen LogP contribution in [0.4, 0.5) is 0 Å². The van der Waals surface area contributed by atoms with Crippen LogP contribution in [-0.4, -0.2) is 18.5 Å². The monoisotopic (exact) mass is 243 g/mol. The van der Waals surface area contributed by atoms with Gasteiger partial charge in [-0.15, -0.1) is 0 Å². The van der Waals surface area contributed by atoms with Crippen LogP contribution in [0.25, 0.3) is 0 Å². The van der Waals surface area contributed by atoms with Crippen LogP contribution in [0.2, 0.25) is 0 Å². The lowest BCUT2D eigenvalue weighted by Crippen LogP contribution is -2.42. The SMILES string of the molecule is N#Cc1cccc(CNC2CCCCNC2=O)c1. The van der Waals surface area contributed by atoms with E-state index in [1.54, 1.807) is 6.07 Å². The zero-order valence-electron chi connectivity index (χ0n) is 10.3. The van der Waals surface area contributed by atoms with Crippen LogP contribution in [0.3, 0.4) is 0 Å². The Kier molecular flexibility index (Phi) is 4.32. The van der Waals surface area contributed by atoms with Gasteiger partial charge in [0.2, 0.25) is 5.91 Å². The number of carbonyl (C=O) groups excluding carboxylic acids is 1. The molecule has 1 fully saturated rings. The molecule has 1 amide bonds. The van der Waals surface area contributed by atoms with Gasteiger partial charge in [0.1, 0.15) is 0 Å². The number of amides is 1. The largest absolute Gasteiger partial charge is 0.355 e. The molecule has 4 nitrogen and oxygen atoms in total. The maximum atomic E-state index is 11.7. The molecule has 1 aliphatic heterocycles. The second-order valence-electron chi connectivity index (χ2n) is 4.53. The molecule has 2 rings (SSSR count). The summed E-state index contributed by atoms with van der Waals surface area (Å²) in [7, 11) is 0. The Morgan fingerprint density at radius 1 is 1.44 bits per heavy atom. The van der Waals surface area contributed by atoms with Crippen molar-refractivity contribution in [2.45, 2.75) is 31.8 Å². The molecule has 1 aromatic rings. The van der Waals surface area contributed by atoms with Crippen LogP contribution in [0, 0.1) is 11.3 Å². The lowest BCUT2D eigenvalue weighted by molar-refractivity contribution is -0.122. The fourth-order valence-electron chi connectivity index (χ4n) is 2.13. The second-order valence-corrected chi connectivity index (χ2v) is 4.53. The Morgan fingerprint density at radius 3 is 3.17 bits per heavy atom. The van der Waals surface area contributed by atoms with E-state index < -0.39 is 0 Å². The van der Waals surface area contributed by atoms with Crippen LogP contribution in [0.1, 0.15) is 30.4 Å². The van der Waals surface area contributed by atoms with Gasteiger partial charge in [-0.2, -0.15) is 5.26 Å². The summed E-state index contributed by atoms with van der Waals surface area (Å²) in [5, 5.41) is 15.0. The van der Waals surface area contributed by atoms with E-state index in [4.69, 9.17) is 5.26 Å². The molecule has 1 aliphatic rings. The third kappa shape index (κ3) is 3.31. The predicted molar refractivity (Wildman–Crippen MR) is 68.6 cm³/mol. The third-order valence-corrected chi connectivity index (χ3v) is 3.14. The highest BCUT2D eigenvalue weighted by Crippen LogP contribution is 2.08. The number of carbonyl (C=O) groups is 1. The van der Waals surface area contributed by atoms with Crippen molar-refractivity contribution in [1.29, 1.82) is 5.26 Å². The van der Waals surface area contributed by atoms with Gasteiger partial charge in [-0.1, -0.05) is 12.1 Å². The minimum absolute atomic E-state index is 0.0870. The smallest absolute Gasteiger partial charge is 0.237 e. The average molecular weight is 243 g/mol. The lowest BCUT2D eigenvalue weighted by atomic mass is 10.1. The summed E-state index contributed by atoms with van der Waals surface area (Å²) in [6.07, 6.45) is 2.99. The van der Waals surface area contributed by atoms with Crippen molar-refractivity contribution >= 4 is 5.91 Å². The number of hydrogen-bond acceptors (Lipinski definition) is 3. The van der Waals surface area contributed by atoms with Crippen molar-refractivity contribution in [2.75, 3.05) is 6.54 Å². The molecule has 0 radical (unpaired) electrons. The highest BCUT2D eigenvalue weighted by atomic mass is 16.2. The van der Waals surface area contributed by atoms with Crippen LogP contribution in [0.15, 0.2) is 24.3 Å². The molecule has 94 valence electrons. The molecule has 0 saturated carbocycles. The number of nitriles is 1. The number of benzene rings is 1. The van der Waals surface area contributed by atoms with Gasteiger partial charge in [0, 0.05) is 13.1 Å². The summed E-state index contributed by atoms with van der Waals surface area (Å²) in [4.78, 5) is 11.7. The predicted octanol–water partition coefficient (Wildman–Crippen LogP) is 1.32. The molecule has 18 heavy (non-hydrogen) atoms. The molecule has 4 heteroatoms. The molecule has 1 unspecified atom stereocenters. The Bertz CT molecular complexity index is 464. The Balaban J connectivity index is 1.93. The zero-order chi connectivity index (χ0) is 12.8. The lowest BCUT2D eigenvalue weighted by Gasteiger charge is -2.15. The van der Waals surface area contributed by atoms with Crippen molar-refractivity contribution < 1.29 is 4.79 Å². The standard InChI is InChI=1S/C14H17N3O/c15-9-11-4-3-5-12(8-11)10-17-13-6-1-2-7-16-14(13)18/h3-5,8,13,17H,1-2,6-7,10H2,(H,16,18). The third-order valence-electron chi connectivity index (χ3n) is 3.14. The zero-order valence-corrected chi connectivity index (χ0v) is 10.3. The first-order valence-electron chi connectivity index (χ1n) is 6.30. The van der Waals surface area contributed by atoms with E-state index in [1.807, 2.05) is 18.2 Å². The van der Waals surface area contributed by atoms with E-state index in [1.165, 1.54) is 0 Å². The van der Waals surface area contributed by atoms with Gasteiger partial charge in [0.25, 0.3) is 0 Å². The minimum atomic E-state index is -0.113. The van der Waals surface area contributed by atoms with Gasteiger partial charge >= 0.3 is 0 Å². The van der Waals surface area contributed by atoms with E-state index in [-0.39, 0.29) is 11.9 Å². The molecule has 1 atom stereocenters. The maximum absolute atomic E-state index is 11.7. The van der Waals surface area contributed by atoms with Crippen LogP contribution < -0.4 is 10.6 Å². The van der Waals surface area contributed by atoms with E-state index >= 15 is 0 Å². The fourth-order valence-corrected chi connectivity index (χ4v) is 2.13. The highest BCUT2D eigenvalue weighted by molar-refractivity contribution is 5.81. The molecule has 0 aliphatic carbocycles. The van der Waals surface area contributed by atoms with Crippen LogP contribution in [0.5, 0.6) is 0 Å². The first-order valence-corrected chi connectivity index (χ1v) is 6.30. The number of nitrogens with zero attached hydrogens (tertiary/aromatic N) is 1. The summed E-state index contributed by atoms with van der Waals surface area (Å²) in [5.74, 6) is 0.0870. The highest BCUT2D eigenvalue weighted by Gasteiger charge is 2.19. The molecule has 0 spiro atoms. The summed E-state index contributed by atoms with van der Waals surface area (Å²) in [5.41, 5.74) is 1.69. The molecule has 1 heterocycles. The molecular weight excluding hydrogens is 226 g/mol. The molecule has 0 bridgehead atoms. The van der Waals surface area contributed by atoms with Gasteiger partial charge in [0.05, 0.1) is 17.7 Å². The van der Waals surface area contributed by atoms with Crippen LogP contribution >= 0.6 is 0 Å². The number of hydrogen-bond donors (Lipinski definition) is 2. The molecule has 2 N–H and O–H groups in total. The molecule has 1 saturated heterocycles. The van der Waals surface area contributed by atoms with Crippen molar-refractivity contribution in [3.8, 4) is 6.07 Å². The van der Waals surface area contributed by atoms with E-state index in [2.05, 4.69) is 16.7 Å². The normalized spacial score (nSPS) is 19.7. The van der Waals surface area contributed by atoms with Gasteiger partial charge in [-0.05, 0) is 37.0 Å². The minimum Gasteiger partial charge on any atom is -0.355 e. The molecule has 0 aromatic heterocycles. The first kappa shape index (κ1) is 12.6. The number of rotatable bonds is 3. The summed E-state index contributed by atoms with van der Waals surface area (Å²) < 4.78 is 0. The summed E-state index contributed by atoms with van der Waals surface area (Å²) >= 11 is 0. The quantitative estimate of drug-likeness (QED) is 0.841. The van der Waals surface area contributed by atoms with Gasteiger partial charge < -0.3 is 10.6 Å². The first-order chi connectivity index (χ1) is 8.79. The number of nitrogens with one attached hydrogen (secondary N) is 2. The average Bonchev–Trinajstić information content (AvgIpc) is 2.61. The van der Waals surface area contributed by atoms with Gasteiger partial charge in [-0.3, -0.25) is 4.79 Å². The van der Waals surface area contributed by atoms with Crippen molar-refractivity contribution in [3.05, 3.63) is 35.4 Å². The molecule has 1 aromatic carbocycles. The topological polar surface area (TPSA) is 64.9 Å². The maximum Gasteiger partial charge on any atom is 0.237 e. The Morgan fingerprint density at radius 2 is 2.33 bits per heavy atom. The van der Waals surface area contributed by atoms with E-state index in [0.717, 1.165) is 31.4 Å². The van der Waals surface area contributed by atoms with Crippen molar-refractivity contribution in [2.24, 2.45) is 0 Å². The van der Waals surface area contributed by atoms with Crippen molar-refractivity contribution in [1.82, 2.24) is 10.6 Å². The van der Waals surface area contributed by atoms with Gasteiger partial charge in [0.15, 0.2) is 0 Å². The Hall–Kier alpha value is -1.86. The van der Waals surface area contributed by atoms with E-state index in [0.29, 0.717) is 12.1 Å². The fraction of sp³-hybridized carbons (Fsp3) is 0.429. The Labute approximate surface area is 107 Å². The van der Waals surface area contributed by atoms with Gasteiger partial charge in [-0.25, -0.2) is 0 Å². The van der Waals surface area contributed by atoms with Crippen LogP contribution in [-0.2, 0) is 11.3 Å². The molecular formula is C14H17N3O.